The third-order valence-electron chi connectivity index (χ3n) is 5.27. The van der Waals surface area contributed by atoms with Gasteiger partial charge >= 0.3 is 0 Å². The number of likely N-dealkylation sites (tertiary alicyclic amines) is 1. The highest BCUT2D eigenvalue weighted by Gasteiger charge is 2.26. The Morgan fingerprint density at radius 2 is 2.00 bits per heavy atom. The number of anilines is 1. The van der Waals surface area contributed by atoms with Crippen LogP contribution in [0.4, 0.5) is 10.1 Å². The number of hydrogen-bond acceptors (Lipinski definition) is 4. The van der Waals surface area contributed by atoms with Gasteiger partial charge in [0.1, 0.15) is 18.2 Å². The molecule has 2 aliphatic heterocycles. The highest BCUT2D eigenvalue weighted by atomic mass is 19.1. The van der Waals surface area contributed by atoms with Crippen LogP contribution >= 0.6 is 0 Å². The molecule has 2 heterocycles. The normalized spacial score (nSPS) is 19.7. The van der Waals surface area contributed by atoms with Crippen molar-refractivity contribution >= 4 is 11.9 Å². The lowest BCUT2D eigenvalue weighted by molar-refractivity contribution is 0.392. The van der Waals surface area contributed by atoms with Gasteiger partial charge in [-0.25, -0.2) is 4.39 Å². The second kappa shape index (κ2) is 7.08. The average molecular weight is 353 g/mol. The van der Waals surface area contributed by atoms with Crippen molar-refractivity contribution in [2.45, 2.75) is 6.42 Å². The lowest BCUT2D eigenvalue weighted by Gasteiger charge is -2.31. The molecule has 136 valence electrons. The van der Waals surface area contributed by atoms with Crippen molar-refractivity contribution in [3.05, 3.63) is 47.8 Å². The van der Waals surface area contributed by atoms with E-state index < -0.39 is 0 Å². The quantitative estimate of drug-likeness (QED) is 0.840. The number of aliphatic imine (C=N–C) groups is 1. The summed E-state index contributed by atoms with van der Waals surface area (Å²) in [4.78, 5) is 9.27. The van der Waals surface area contributed by atoms with Gasteiger partial charge in [0.25, 0.3) is 0 Å². The fourth-order valence-electron chi connectivity index (χ4n) is 3.98. The van der Waals surface area contributed by atoms with Gasteiger partial charge < -0.3 is 14.5 Å². The predicted molar refractivity (Wildman–Crippen MR) is 104 cm³/mol. The Labute approximate surface area is 153 Å². The van der Waals surface area contributed by atoms with Gasteiger partial charge in [0.15, 0.2) is 0 Å². The van der Waals surface area contributed by atoms with Crippen molar-refractivity contribution in [3.63, 3.8) is 0 Å². The number of hydrogen-bond donors (Lipinski definition) is 0. The number of rotatable bonds is 4. The van der Waals surface area contributed by atoms with E-state index in [2.05, 4.69) is 27.9 Å². The standard InChI is InChI=1S/C21H24FN3O/c1-24-8-7-15(12-24)13-25-14-23-11-18-9-17(10-20(26-2)21(18)25)16-3-5-19(22)6-4-16/h3-6,9-11,15H,7-8,12-14H2,1-2H3. The molecular weight excluding hydrogens is 329 g/mol. The summed E-state index contributed by atoms with van der Waals surface area (Å²) in [6.45, 7) is 3.95. The molecule has 1 atom stereocenters. The van der Waals surface area contributed by atoms with Crippen molar-refractivity contribution in [3.8, 4) is 16.9 Å². The zero-order valence-corrected chi connectivity index (χ0v) is 15.3. The molecule has 1 unspecified atom stereocenters. The third kappa shape index (κ3) is 3.31. The van der Waals surface area contributed by atoms with Crippen LogP contribution in [0.25, 0.3) is 11.1 Å². The average Bonchev–Trinajstić information content (AvgIpc) is 3.06. The number of fused-ring (bicyclic) bond motifs is 1. The maximum Gasteiger partial charge on any atom is 0.143 e. The molecule has 0 aliphatic carbocycles. The molecule has 0 amide bonds. The van der Waals surface area contributed by atoms with E-state index >= 15 is 0 Å². The smallest absolute Gasteiger partial charge is 0.143 e. The maximum atomic E-state index is 13.2. The second-order valence-corrected chi connectivity index (χ2v) is 7.22. The van der Waals surface area contributed by atoms with E-state index in [4.69, 9.17) is 4.74 Å². The Hall–Kier alpha value is -2.40. The van der Waals surface area contributed by atoms with Gasteiger partial charge in [-0.05, 0) is 61.3 Å². The van der Waals surface area contributed by atoms with Gasteiger partial charge in [-0.2, -0.15) is 0 Å². The highest BCUT2D eigenvalue weighted by molar-refractivity contribution is 5.94. The van der Waals surface area contributed by atoms with Crippen molar-refractivity contribution in [1.82, 2.24) is 4.90 Å². The van der Waals surface area contributed by atoms with E-state index in [1.165, 1.54) is 18.6 Å². The number of nitrogens with zero attached hydrogens (tertiary/aromatic N) is 3. The van der Waals surface area contributed by atoms with Crippen molar-refractivity contribution in [1.29, 1.82) is 0 Å². The van der Waals surface area contributed by atoms with Gasteiger partial charge in [0.05, 0.1) is 12.8 Å². The minimum absolute atomic E-state index is 0.229. The van der Waals surface area contributed by atoms with E-state index in [1.807, 2.05) is 12.3 Å². The Kier molecular flexibility index (Phi) is 4.64. The molecular formula is C21H24FN3O. The number of methoxy groups -OCH3 is 1. The minimum atomic E-state index is -0.229. The van der Waals surface area contributed by atoms with Crippen molar-refractivity contribution in [2.24, 2.45) is 10.9 Å². The topological polar surface area (TPSA) is 28.1 Å². The van der Waals surface area contributed by atoms with E-state index in [0.29, 0.717) is 12.6 Å². The van der Waals surface area contributed by atoms with E-state index in [-0.39, 0.29) is 5.82 Å². The molecule has 5 heteroatoms. The first kappa shape index (κ1) is 17.0. The Morgan fingerprint density at radius 3 is 2.69 bits per heavy atom. The van der Waals surface area contributed by atoms with Gasteiger partial charge in [-0.1, -0.05) is 12.1 Å². The Bertz CT molecular complexity index is 819. The molecule has 4 nitrogen and oxygen atoms in total. The summed E-state index contributed by atoms with van der Waals surface area (Å²) in [5.74, 6) is 1.27. The van der Waals surface area contributed by atoms with Crippen LogP contribution in [-0.2, 0) is 0 Å². The first-order chi connectivity index (χ1) is 12.6. The molecule has 2 aromatic rings. The van der Waals surface area contributed by atoms with E-state index in [9.17, 15) is 4.39 Å². The van der Waals surface area contributed by atoms with Gasteiger partial charge in [-0.15, -0.1) is 0 Å². The fourth-order valence-corrected chi connectivity index (χ4v) is 3.98. The first-order valence-electron chi connectivity index (χ1n) is 9.05. The molecule has 26 heavy (non-hydrogen) atoms. The van der Waals surface area contributed by atoms with Gasteiger partial charge in [0.2, 0.25) is 0 Å². The van der Waals surface area contributed by atoms with Gasteiger partial charge in [0, 0.05) is 24.9 Å². The molecule has 2 aliphatic rings. The lowest BCUT2D eigenvalue weighted by atomic mass is 9.99. The highest BCUT2D eigenvalue weighted by Crippen LogP contribution is 2.38. The fraction of sp³-hybridized carbons (Fsp3) is 0.381. The summed E-state index contributed by atoms with van der Waals surface area (Å²) in [6.07, 6.45) is 3.14. The van der Waals surface area contributed by atoms with Crippen LogP contribution in [0.15, 0.2) is 41.4 Å². The molecule has 1 fully saturated rings. The summed E-state index contributed by atoms with van der Waals surface area (Å²) in [5.41, 5.74) is 4.15. The molecule has 0 spiro atoms. The molecule has 0 radical (unpaired) electrons. The van der Waals surface area contributed by atoms with Crippen LogP contribution in [0.2, 0.25) is 0 Å². The van der Waals surface area contributed by atoms with E-state index in [1.54, 1.807) is 19.2 Å². The molecule has 0 N–H and O–H groups in total. The number of ether oxygens (including phenoxy) is 1. The van der Waals surface area contributed by atoms with Crippen LogP contribution < -0.4 is 9.64 Å². The summed E-state index contributed by atoms with van der Waals surface area (Å²) >= 11 is 0. The molecule has 4 rings (SSSR count). The first-order valence-corrected chi connectivity index (χ1v) is 9.05. The maximum absolute atomic E-state index is 13.2. The molecule has 0 saturated carbocycles. The van der Waals surface area contributed by atoms with Crippen LogP contribution in [0, 0.1) is 11.7 Å². The second-order valence-electron chi connectivity index (χ2n) is 7.22. The Morgan fingerprint density at radius 1 is 1.19 bits per heavy atom. The van der Waals surface area contributed by atoms with E-state index in [0.717, 1.165) is 47.8 Å². The largest absolute Gasteiger partial charge is 0.495 e. The SMILES string of the molecule is COc1cc(-c2ccc(F)cc2)cc2c1N(CC1CCN(C)C1)CN=C2. The van der Waals surface area contributed by atoms with Crippen LogP contribution in [0.5, 0.6) is 5.75 Å². The molecule has 0 bridgehead atoms. The number of benzene rings is 2. The van der Waals surface area contributed by atoms with Crippen LogP contribution in [-0.4, -0.2) is 51.6 Å². The lowest BCUT2D eigenvalue weighted by Crippen LogP contribution is -2.33. The zero-order chi connectivity index (χ0) is 18.1. The third-order valence-corrected chi connectivity index (χ3v) is 5.27. The summed E-state index contributed by atoms with van der Waals surface area (Å²) in [5, 5.41) is 0. The van der Waals surface area contributed by atoms with Crippen molar-refractivity contribution < 1.29 is 9.13 Å². The minimum Gasteiger partial charge on any atom is -0.495 e. The summed E-state index contributed by atoms with van der Waals surface area (Å²) in [6, 6.07) is 10.7. The molecule has 0 aromatic heterocycles. The van der Waals surface area contributed by atoms with Crippen LogP contribution in [0.1, 0.15) is 12.0 Å². The predicted octanol–water partition coefficient (Wildman–Crippen LogP) is 3.65. The van der Waals surface area contributed by atoms with Crippen molar-refractivity contribution in [2.75, 3.05) is 45.4 Å². The monoisotopic (exact) mass is 353 g/mol. The van der Waals surface area contributed by atoms with Crippen LogP contribution in [0.3, 0.4) is 0 Å². The number of halogens is 1. The Balaban J connectivity index is 1.68. The zero-order valence-electron chi connectivity index (χ0n) is 15.3. The molecule has 1 saturated heterocycles. The summed E-state index contributed by atoms with van der Waals surface area (Å²) < 4.78 is 19.0. The van der Waals surface area contributed by atoms with Gasteiger partial charge in [-0.3, -0.25) is 4.99 Å². The summed E-state index contributed by atoms with van der Waals surface area (Å²) in [7, 11) is 3.88. The molecule has 2 aromatic carbocycles.